The maximum atomic E-state index is 14.5. The van der Waals surface area contributed by atoms with Gasteiger partial charge in [0.25, 0.3) is 0 Å². The van der Waals surface area contributed by atoms with Crippen LogP contribution in [0, 0.1) is 29.6 Å². The first kappa shape index (κ1) is 47.8. The number of benzene rings is 1. The van der Waals surface area contributed by atoms with Crippen molar-refractivity contribution in [2.75, 3.05) is 41.4 Å². The summed E-state index contributed by atoms with van der Waals surface area (Å²) < 4.78 is 12.0. The first-order valence-electron chi connectivity index (χ1n) is 21.8. The molecule has 1 aromatic carbocycles. The Balaban J connectivity index is 1.47. The van der Waals surface area contributed by atoms with Crippen LogP contribution in [-0.2, 0) is 44.7 Å². The van der Waals surface area contributed by atoms with E-state index < -0.39 is 54.2 Å². The monoisotopic (exact) mass is 826 g/mol. The van der Waals surface area contributed by atoms with Crippen LogP contribution in [0.5, 0.6) is 0 Å². The highest BCUT2D eigenvalue weighted by Crippen LogP contribution is 2.43. The van der Waals surface area contributed by atoms with Gasteiger partial charge in [0.1, 0.15) is 17.9 Å². The average Bonchev–Trinajstić information content (AvgIpc) is 3.99. The molecule has 0 spiro atoms. The Morgan fingerprint density at radius 3 is 2.24 bits per heavy atom. The lowest BCUT2D eigenvalue weighted by Crippen LogP contribution is -2.60. The summed E-state index contributed by atoms with van der Waals surface area (Å²) in [7, 11) is 6.56. The van der Waals surface area contributed by atoms with E-state index >= 15 is 0 Å². The summed E-state index contributed by atoms with van der Waals surface area (Å²) >= 11 is 0. The van der Waals surface area contributed by atoms with Crippen LogP contribution in [0.1, 0.15) is 98.0 Å². The molecule has 14 nitrogen and oxygen atoms in total. The Hall–Kier alpha value is -3.88. The van der Waals surface area contributed by atoms with Gasteiger partial charge in [0.05, 0.1) is 36.6 Å². The Morgan fingerprint density at radius 2 is 1.64 bits per heavy atom. The van der Waals surface area contributed by atoms with Gasteiger partial charge in [-0.3, -0.25) is 28.8 Å². The summed E-state index contributed by atoms with van der Waals surface area (Å²) in [4.78, 5) is 87.1. The Labute approximate surface area is 351 Å². The number of nitrogens with zero attached hydrogens (tertiary/aromatic N) is 3. The molecule has 0 radical (unpaired) electrons. The number of rotatable bonds is 23. The predicted molar refractivity (Wildman–Crippen MR) is 224 cm³/mol. The van der Waals surface area contributed by atoms with Gasteiger partial charge in [-0.05, 0) is 68.9 Å². The van der Waals surface area contributed by atoms with Crippen molar-refractivity contribution in [1.29, 1.82) is 0 Å². The molecule has 1 saturated carbocycles. The van der Waals surface area contributed by atoms with E-state index in [0.717, 1.165) is 24.8 Å². The van der Waals surface area contributed by atoms with Crippen LogP contribution in [0.4, 0.5) is 0 Å². The van der Waals surface area contributed by atoms with Gasteiger partial charge in [0, 0.05) is 59.2 Å². The van der Waals surface area contributed by atoms with Gasteiger partial charge in [-0.15, -0.1) is 0 Å². The zero-order chi connectivity index (χ0) is 43.6. The molecule has 11 atom stereocenters. The lowest BCUT2D eigenvalue weighted by atomic mass is 9.85. The number of aliphatic carboxylic acids is 1. The molecule has 14 heteroatoms. The molecule has 59 heavy (non-hydrogen) atoms. The number of carboxylic acid groups (broad SMARTS) is 1. The second-order valence-corrected chi connectivity index (χ2v) is 17.5. The minimum absolute atomic E-state index is 0.0237. The molecule has 330 valence electrons. The van der Waals surface area contributed by atoms with Crippen molar-refractivity contribution >= 4 is 35.4 Å². The number of methoxy groups -OCH3 is 2. The second-order valence-electron chi connectivity index (χ2n) is 17.5. The molecule has 3 N–H and O–H groups in total. The van der Waals surface area contributed by atoms with Gasteiger partial charge in [-0.1, -0.05) is 71.4 Å². The fourth-order valence-corrected chi connectivity index (χ4v) is 9.93. The standard InChI is InChI=1S/C45H71N5O9/c1-10-28(4)40(48(7)44(55)39(27(2)3)47-43(54)41-31-18-19-33(24-31)50(41)37(52)20-21-46-6)36(58-8)26-38(53)49-22-14-17-34(49)42(59-9)29(5)35(51)25-32(45(56)57)23-30-15-12-11-13-16-30/h11-13,15-16,27-29,31-34,36,39-42,46H,10,14,17-26H2,1-9H3,(H,47,54)(H,56,57)/t28-,29-,31-,32+,33-,34-,36+,39-,40-,41-,42+/m0/s1. The van der Waals surface area contributed by atoms with E-state index in [1.165, 1.54) is 14.2 Å². The van der Waals surface area contributed by atoms with Crippen LogP contribution in [-0.4, -0.2) is 139 Å². The number of Topliss-reactive ketones (excluding diaryl/α,β-unsaturated/α-hetero) is 1. The molecule has 3 aliphatic rings. The van der Waals surface area contributed by atoms with Gasteiger partial charge in [0.15, 0.2) is 0 Å². The number of carbonyl (C=O) groups excluding carboxylic acids is 5. The van der Waals surface area contributed by atoms with E-state index in [2.05, 4.69) is 10.6 Å². The number of hydrogen-bond acceptors (Lipinski definition) is 9. The number of carbonyl (C=O) groups is 6. The first-order valence-corrected chi connectivity index (χ1v) is 21.8. The lowest BCUT2D eigenvalue weighted by Gasteiger charge is -2.41. The first-order chi connectivity index (χ1) is 28.1. The Kier molecular flexibility index (Phi) is 17.9. The number of piperidine rings is 1. The van der Waals surface area contributed by atoms with E-state index in [1.54, 1.807) is 35.7 Å². The largest absolute Gasteiger partial charge is 0.481 e. The predicted octanol–water partition coefficient (Wildman–Crippen LogP) is 3.94. The highest BCUT2D eigenvalue weighted by atomic mass is 16.5. The van der Waals surface area contributed by atoms with Gasteiger partial charge in [-0.25, -0.2) is 0 Å². The minimum Gasteiger partial charge on any atom is -0.481 e. The number of amides is 4. The van der Waals surface area contributed by atoms with E-state index in [1.807, 2.05) is 58.0 Å². The zero-order valence-electron chi connectivity index (χ0n) is 36.9. The normalized spacial score (nSPS) is 23.6. The third-order valence-electron chi connectivity index (χ3n) is 13.4. The average molecular weight is 826 g/mol. The summed E-state index contributed by atoms with van der Waals surface area (Å²) in [5, 5.41) is 16.1. The van der Waals surface area contributed by atoms with Crippen LogP contribution in [0.25, 0.3) is 0 Å². The van der Waals surface area contributed by atoms with Crippen LogP contribution in [0.2, 0.25) is 0 Å². The molecule has 0 aromatic heterocycles. The molecule has 1 aromatic rings. The third kappa shape index (κ3) is 11.5. The van der Waals surface area contributed by atoms with Crippen molar-refractivity contribution < 1.29 is 43.3 Å². The number of likely N-dealkylation sites (tertiary alicyclic amines) is 2. The van der Waals surface area contributed by atoms with E-state index in [4.69, 9.17) is 9.47 Å². The third-order valence-corrected chi connectivity index (χ3v) is 13.4. The highest BCUT2D eigenvalue weighted by Gasteiger charge is 2.52. The maximum absolute atomic E-state index is 14.5. The molecule has 2 saturated heterocycles. The second kappa shape index (κ2) is 22.1. The number of fused-ring (bicyclic) bond motifs is 2. The Bertz CT molecular complexity index is 1590. The summed E-state index contributed by atoms with van der Waals surface area (Å²) in [6.07, 6.45) is 3.61. The molecule has 4 rings (SSSR count). The number of nitrogens with one attached hydrogen (secondary N) is 2. The van der Waals surface area contributed by atoms with Crippen molar-refractivity contribution in [3.05, 3.63) is 35.9 Å². The van der Waals surface area contributed by atoms with E-state index in [-0.39, 0.29) is 72.5 Å². The SMILES string of the molecule is CC[C@H](C)[C@@H]([C@@H](CC(=O)N1CCC[C@H]1[C@H](OC)[C@@H](C)C(=O)C[C@@H](Cc1ccccc1)C(=O)O)OC)N(C)C(=O)[C@@H](NC(=O)[C@@H]1[C@H]2CC[C@@H](C2)N1C(=O)CCNC)C(C)C. The molecular formula is C45H71N5O9. The smallest absolute Gasteiger partial charge is 0.307 e. The summed E-state index contributed by atoms with van der Waals surface area (Å²) in [6, 6.07) is 6.89. The minimum atomic E-state index is -1.03. The van der Waals surface area contributed by atoms with Crippen molar-refractivity contribution in [3.63, 3.8) is 0 Å². The molecule has 3 fully saturated rings. The van der Waals surface area contributed by atoms with Crippen molar-refractivity contribution in [2.45, 2.75) is 141 Å². The maximum Gasteiger partial charge on any atom is 0.307 e. The van der Waals surface area contributed by atoms with Gasteiger partial charge >= 0.3 is 5.97 Å². The molecule has 2 heterocycles. The number of carboxylic acids is 1. The highest BCUT2D eigenvalue weighted by molar-refractivity contribution is 5.93. The number of hydrogen-bond donors (Lipinski definition) is 3. The fourth-order valence-electron chi connectivity index (χ4n) is 9.93. The van der Waals surface area contributed by atoms with Gasteiger partial charge < -0.3 is 39.9 Å². The van der Waals surface area contributed by atoms with Crippen LogP contribution >= 0.6 is 0 Å². The van der Waals surface area contributed by atoms with Crippen molar-refractivity contribution in [3.8, 4) is 0 Å². The molecule has 2 bridgehead atoms. The molecule has 2 aliphatic heterocycles. The molecule has 0 unspecified atom stereocenters. The van der Waals surface area contributed by atoms with Crippen molar-refractivity contribution in [1.82, 2.24) is 25.3 Å². The quantitative estimate of drug-likeness (QED) is 0.147. The summed E-state index contributed by atoms with van der Waals surface area (Å²) in [5.74, 6) is -3.92. The molecule has 1 aliphatic carbocycles. The van der Waals surface area contributed by atoms with E-state index in [9.17, 15) is 33.9 Å². The van der Waals surface area contributed by atoms with Crippen molar-refractivity contribution in [2.24, 2.45) is 29.6 Å². The summed E-state index contributed by atoms with van der Waals surface area (Å²) in [5.41, 5.74) is 0.840. The van der Waals surface area contributed by atoms with Gasteiger partial charge in [0.2, 0.25) is 23.6 Å². The molecule has 4 amide bonds. The van der Waals surface area contributed by atoms with Gasteiger partial charge in [-0.2, -0.15) is 0 Å². The number of ketones is 1. The Morgan fingerprint density at radius 1 is 0.949 bits per heavy atom. The van der Waals surface area contributed by atoms with E-state index in [0.29, 0.717) is 38.8 Å². The zero-order valence-corrected chi connectivity index (χ0v) is 36.9. The van der Waals surface area contributed by atoms with Crippen LogP contribution in [0.15, 0.2) is 30.3 Å². The van der Waals surface area contributed by atoms with Crippen LogP contribution < -0.4 is 10.6 Å². The van der Waals surface area contributed by atoms with Crippen LogP contribution in [0.3, 0.4) is 0 Å². The topological polar surface area (TPSA) is 175 Å². The number of likely N-dealkylation sites (N-methyl/N-ethyl adjacent to an activating group) is 1. The molecular weight excluding hydrogens is 755 g/mol. The lowest BCUT2D eigenvalue weighted by molar-refractivity contribution is -0.149. The fraction of sp³-hybridized carbons (Fsp3) is 0.733. The summed E-state index contributed by atoms with van der Waals surface area (Å²) in [6.45, 7) is 10.6. The number of ether oxygens (including phenoxy) is 2.